The van der Waals surface area contributed by atoms with Crippen LogP contribution < -0.4 is 10.6 Å². The summed E-state index contributed by atoms with van der Waals surface area (Å²) in [4.78, 5) is 38.9. The number of amides is 3. The molecule has 0 bridgehead atoms. The third kappa shape index (κ3) is 6.23. The molecular weight excluding hydrogens is 496 g/mol. The van der Waals surface area contributed by atoms with Crippen molar-refractivity contribution in [2.24, 2.45) is 5.92 Å². The number of rotatable bonds is 10. The Hall–Kier alpha value is -3.27. The van der Waals surface area contributed by atoms with Gasteiger partial charge < -0.3 is 25.0 Å². The summed E-state index contributed by atoms with van der Waals surface area (Å²) in [5.74, 6) is -6.15. The molecule has 0 saturated carbocycles. The number of alkyl halides is 2. The smallest absolute Gasteiger partial charge is 0.331 e. The fourth-order valence-corrected chi connectivity index (χ4v) is 5.06. The van der Waals surface area contributed by atoms with Crippen molar-refractivity contribution >= 4 is 17.7 Å². The maximum atomic E-state index is 15.0. The van der Waals surface area contributed by atoms with E-state index in [2.05, 4.69) is 10.6 Å². The lowest BCUT2D eigenvalue weighted by Gasteiger charge is -2.36. The molecule has 8 nitrogen and oxygen atoms in total. The second-order valence-electron chi connectivity index (χ2n) is 10.3. The Morgan fingerprint density at radius 1 is 1.26 bits per heavy atom. The predicted octanol–water partition coefficient (Wildman–Crippen LogP) is 3.46. The van der Waals surface area contributed by atoms with Crippen LogP contribution in [0, 0.1) is 5.92 Å². The largest absolute Gasteiger partial charge is 0.492 e. The summed E-state index contributed by atoms with van der Waals surface area (Å²) in [6.45, 7) is 6.52. The zero-order valence-electron chi connectivity index (χ0n) is 22.0. The second-order valence-corrected chi connectivity index (χ2v) is 10.3. The number of allylic oxidation sites excluding steroid dienone is 3. The molecule has 0 spiro atoms. The Balaban J connectivity index is 1.33. The van der Waals surface area contributed by atoms with Crippen LogP contribution in [0.15, 0.2) is 42.2 Å². The number of hydrogen-bond donors (Lipinski definition) is 2. The van der Waals surface area contributed by atoms with Gasteiger partial charge in [0.25, 0.3) is 11.8 Å². The van der Waals surface area contributed by atoms with Crippen molar-refractivity contribution in [3.8, 4) is 0 Å². The minimum Gasteiger partial charge on any atom is -0.492 e. The SMILES string of the molecule is CC(C)OCCOC1=CC(C(F)(F)C(=O)NCc2ccc3c(c2)CN(C2CCC(=O)NC2C)C3=O)CC=C1. The number of fused-ring (bicyclic) bond motifs is 1. The Morgan fingerprint density at radius 3 is 2.79 bits per heavy atom. The summed E-state index contributed by atoms with van der Waals surface area (Å²) in [5.41, 5.74) is 1.96. The zero-order valence-corrected chi connectivity index (χ0v) is 22.0. The average molecular weight is 532 g/mol. The van der Waals surface area contributed by atoms with E-state index in [-0.39, 0.29) is 49.6 Å². The summed E-state index contributed by atoms with van der Waals surface area (Å²) < 4.78 is 40.9. The van der Waals surface area contributed by atoms with Gasteiger partial charge in [0.05, 0.1) is 24.7 Å². The highest BCUT2D eigenvalue weighted by Crippen LogP contribution is 2.33. The van der Waals surface area contributed by atoms with E-state index >= 15 is 8.78 Å². The van der Waals surface area contributed by atoms with Crippen LogP contribution in [0.4, 0.5) is 8.78 Å². The van der Waals surface area contributed by atoms with Gasteiger partial charge in [0.15, 0.2) is 0 Å². The summed E-state index contributed by atoms with van der Waals surface area (Å²) in [7, 11) is 0. The minimum atomic E-state index is -3.63. The molecular formula is C28H35F2N3O5. The molecule has 3 unspecified atom stereocenters. The van der Waals surface area contributed by atoms with E-state index in [1.165, 1.54) is 6.08 Å². The molecule has 2 heterocycles. The van der Waals surface area contributed by atoms with Crippen LogP contribution in [-0.4, -0.2) is 59.9 Å². The van der Waals surface area contributed by atoms with Crippen LogP contribution in [0.25, 0.3) is 0 Å². The number of carbonyl (C=O) groups is 3. The normalized spacial score (nSPS) is 23.3. The third-order valence-electron chi connectivity index (χ3n) is 7.10. The first kappa shape index (κ1) is 27.8. The number of ether oxygens (including phenoxy) is 2. The van der Waals surface area contributed by atoms with Gasteiger partial charge in [-0.2, -0.15) is 8.78 Å². The Morgan fingerprint density at radius 2 is 2.05 bits per heavy atom. The Kier molecular flexibility index (Phi) is 8.50. The number of hydrogen-bond acceptors (Lipinski definition) is 5. The monoisotopic (exact) mass is 531 g/mol. The second kappa shape index (κ2) is 11.6. The number of benzene rings is 1. The van der Waals surface area contributed by atoms with Gasteiger partial charge in [-0.25, -0.2) is 0 Å². The summed E-state index contributed by atoms with van der Waals surface area (Å²) in [6.07, 6.45) is 5.51. The molecule has 1 fully saturated rings. The topological polar surface area (TPSA) is 97.0 Å². The van der Waals surface area contributed by atoms with Gasteiger partial charge in [-0.1, -0.05) is 18.2 Å². The lowest BCUT2D eigenvalue weighted by atomic mass is 9.92. The average Bonchev–Trinajstić information content (AvgIpc) is 3.20. The van der Waals surface area contributed by atoms with E-state index in [1.54, 1.807) is 35.3 Å². The van der Waals surface area contributed by atoms with Gasteiger partial charge in [-0.15, -0.1) is 0 Å². The van der Waals surface area contributed by atoms with Crippen LogP contribution in [0.2, 0.25) is 0 Å². The van der Waals surface area contributed by atoms with Gasteiger partial charge in [0.1, 0.15) is 12.4 Å². The van der Waals surface area contributed by atoms with E-state index in [9.17, 15) is 14.4 Å². The lowest BCUT2D eigenvalue weighted by molar-refractivity contribution is -0.151. The van der Waals surface area contributed by atoms with Gasteiger partial charge in [-0.05, 0) is 63.0 Å². The van der Waals surface area contributed by atoms with E-state index < -0.39 is 17.7 Å². The van der Waals surface area contributed by atoms with E-state index in [0.717, 1.165) is 5.56 Å². The van der Waals surface area contributed by atoms with Gasteiger partial charge in [0.2, 0.25) is 5.91 Å². The Bertz CT molecular complexity index is 1130. The third-order valence-corrected chi connectivity index (χ3v) is 7.10. The van der Waals surface area contributed by atoms with Crippen LogP contribution in [0.1, 0.15) is 61.5 Å². The first-order valence-corrected chi connectivity index (χ1v) is 13.1. The molecule has 10 heteroatoms. The van der Waals surface area contributed by atoms with E-state index in [1.807, 2.05) is 20.8 Å². The first-order chi connectivity index (χ1) is 18.1. The van der Waals surface area contributed by atoms with Crippen molar-refractivity contribution in [2.75, 3.05) is 13.2 Å². The Labute approximate surface area is 221 Å². The molecule has 3 atom stereocenters. The predicted molar refractivity (Wildman–Crippen MR) is 136 cm³/mol. The lowest BCUT2D eigenvalue weighted by Crippen LogP contribution is -2.54. The number of carbonyl (C=O) groups excluding carboxylic acids is 3. The molecule has 2 N–H and O–H groups in total. The number of nitrogens with zero attached hydrogens (tertiary/aromatic N) is 1. The van der Waals surface area contributed by atoms with Crippen LogP contribution in [0.3, 0.4) is 0 Å². The van der Waals surface area contributed by atoms with Crippen molar-refractivity contribution in [2.45, 2.75) is 77.2 Å². The van der Waals surface area contributed by atoms with Crippen LogP contribution >= 0.6 is 0 Å². The van der Waals surface area contributed by atoms with E-state index in [0.29, 0.717) is 42.9 Å². The summed E-state index contributed by atoms with van der Waals surface area (Å²) >= 11 is 0. The number of piperidine rings is 1. The van der Waals surface area contributed by atoms with Crippen molar-refractivity contribution in [1.82, 2.24) is 15.5 Å². The van der Waals surface area contributed by atoms with Crippen molar-refractivity contribution in [3.05, 3.63) is 58.9 Å². The molecule has 1 saturated heterocycles. The number of nitrogens with one attached hydrogen (secondary N) is 2. The molecule has 0 radical (unpaired) electrons. The van der Waals surface area contributed by atoms with Crippen molar-refractivity contribution < 1.29 is 32.6 Å². The van der Waals surface area contributed by atoms with Crippen molar-refractivity contribution in [1.29, 1.82) is 0 Å². The van der Waals surface area contributed by atoms with Crippen molar-refractivity contribution in [3.63, 3.8) is 0 Å². The summed E-state index contributed by atoms with van der Waals surface area (Å²) in [5, 5.41) is 5.24. The van der Waals surface area contributed by atoms with Gasteiger partial charge >= 0.3 is 5.92 Å². The summed E-state index contributed by atoms with van der Waals surface area (Å²) in [6, 6.07) is 4.85. The molecule has 0 aromatic heterocycles. The maximum absolute atomic E-state index is 15.0. The maximum Gasteiger partial charge on any atom is 0.331 e. The highest BCUT2D eigenvalue weighted by Gasteiger charge is 2.46. The minimum absolute atomic E-state index is 0.0204. The zero-order chi connectivity index (χ0) is 27.4. The molecule has 38 heavy (non-hydrogen) atoms. The first-order valence-electron chi connectivity index (χ1n) is 13.1. The van der Waals surface area contributed by atoms with Gasteiger partial charge in [-0.3, -0.25) is 14.4 Å². The molecule has 3 amide bonds. The molecule has 1 aromatic carbocycles. The standard InChI is InChI=1S/C28H35F2N3O5/c1-17(2)37-11-12-38-22-6-4-5-21(14-22)28(29,30)27(36)31-15-19-7-8-23-20(13-19)16-33(26(23)35)24-9-10-25(34)32-18(24)3/h4,6-8,13-14,17-18,21,24H,5,9-12,15-16H2,1-3H3,(H,31,36)(H,32,34). The molecule has 2 aliphatic heterocycles. The fourth-order valence-electron chi connectivity index (χ4n) is 5.06. The van der Waals surface area contributed by atoms with E-state index in [4.69, 9.17) is 9.47 Å². The number of halogens is 2. The molecule has 1 aromatic rings. The fraction of sp³-hybridized carbons (Fsp3) is 0.536. The van der Waals surface area contributed by atoms with Gasteiger partial charge in [0, 0.05) is 31.1 Å². The molecule has 3 aliphatic rings. The molecule has 206 valence electrons. The molecule has 4 rings (SSSR count). The van der Waals surface area contributed by atoms with Crippen LogP contribution in [0.5, 0.6) is 0 Å². The van der Waals surface area contributed by atoms with Crippen LogP contribution in [-0.2, 0) is 32.2 Å². The highest BCUT2D eigenvalue weighted by molar-refractivity contribution is 5.98. The highest BCUT2D eigenvalue weighted by atomic mass is 19.3. The quantitative estimate of drug-likeness (QED) is 0.451. The molecule has 1 aliphatic carbocycles.